The molecule has 20 heavy (non-hydrogen) atoms. The molecule has 0 heterocycles. The standard InChI is InChI=1S/C16H19BrN2O/c1-12-7-6-8-13(14(12)17)15(20)19(2)16(11-18)9-4-3-5-10-16/h6-8H,3-5,9-10H2,1-2H3. The first-order chi connectivity index (χ1) is 9.52. The van der Waals surface area contributed by atoms with Crippen LogP contribution in [-0.2, 0) is 0 Å². The molecule has 1 aromatic rings. The Morgan fingerprint density at radius 1 is 1.35 bits per heavy atom. The van der Waals surface area contributed by atoms with Gasteiger partial charge in [0.15, 0.2) is 0 Å². The lowest BCUT2D eigenvalue weighted by Gasteiger charge is -2.39. The number of amides is 1. The zero-order valence-electron chi connectivity index (χ0n) is 11.9. The molecule has 1 aliphatic carbocycles. The number of hydrogen-bond acceptors (Lipinski definition) is 2. The summed E-state index contributed by atoms with van der Waals surface area (Å²) in [6.45, 7) is 1.96. The Bertz CT molecular complexity index is 556. The van der Waals surface area contributed by atoms with Crippen molar-refractivity contribution in [1.82, 2.24) is 4.90 Å². The first-order valence-corrected chi connectivity index (χ1v) is 7.76. The van der Waals surface area contributed by atoms with E-state index in [-0.39, 0.29) is 5.91 Å². The number of halogens is 1. The van der Waals surface area contributed by atoms with Crippen LogP contribution in [0.4, 0.5) is 0 Å². The molecule has 0 spiro atoms. The predicted octanol–water partition coefficient (Wildman–Crippen LogP) is 4.06. The third-order valence-corrected chi connectivity index (χ3v) is 5.31. The van der Waals surface area contributed by atoms with Crippen molar-refractivity contribution in [3.63, 3.8) is 0 Å². The third-order valence-electron chi connectivity index (χ3n) is 4.26. The van der Waals surface area contributed by atoms with Gasteiger partial charge in [-0.05, 0) is 47.3 Å². The number of nitriles is 1. The second-order valence-electron chi connectivity index (χ2n) is 5.50. The molecule has 0 N–H and O–H groups in total. The van der Waals surface area contributed by atoms with Gasteiger partial charge in [0.1, 0.15) is 5.54 Å². The highest BCUT2D eigenvalue weighted by atomic mass is 79.9. The lowest BCUT2D eigenvalue weighted by Crippen LogP contribution is -2.49. The first kappa shape index (κ1) is 15.1. The van der Waals surface area contributed by atoms with Crippen LogP contribution in [0, 0.1) is 18.3 Å². The molecule has 1 fully saturated rings. The van der Waals surface area contributed by atoms with E-state index in [9.17, 15) is 10.1 Å². The van der Waals surface area contributed by atoms with Crippen molar-refractivity contribution in [3.05, 3.63) is 33.8 Å². The van der Waals surface area contributed by atoms with E-state index in [0.717, 1.165) is 42.1 Å². The van der Waals surface area contributed by atoms with E-state index < -0.39 is 5.54 Å². The Morgan fingerprint density at radius 3 is 2.60 bits per heavy atom. The van der Waals surface area contributed by atoms with Crippen LogP contribution < -0.4 is 0 Å². The monoisotopic (exact) mass is 334 g/mol. The molecule has 3 nitrogen and oxygen atoms in total. The van der Waals surface area contributed by atoms with Gasteiger partial charge in [-0.1, -0.05) is 31.4 Å². The average Bonchev–Trinajstić information content (AvgIpc) is 2.49. The Hall–Kier alpha value is -1.34. The molecule has 1 saturated carbocycles. The summed E-state index contributed by atoms with van der Waals surface area (Å²) in [7, 11) is 1.76. The van der Waals surface area contributed by atoms with Gasteiger partial charge >= 0.3 is 0 Å². The summed E-state index contributed by atoms with van der Waals surface area (Å²) in [5, 5.41) is 9.58. The van der Waals surface area contributed by atoms with Gasteiger partial charge in [0.05, 0.1) is 11.6 Å². The van der Waals surface area contributed by atoms with Gasteiger partial charge in [-0.25, -0.2) is 0 Å². The minimum absolute atomic E-state index is 0.0796. The quantitative estimate of drug-likeness (QED) is 0.818. The Balaban J connectivity index is 2.32. The van der Waals surface area contributed by atoms with E-state index in [1.807, 2.05) is 25.1 Å². The highest BCUT2D eigenvalue weighted by Gasteiger charge is 2.39. The zero-order valence-corrected chi connectivity index (χ0v) is 13.5. The number of rotatable bonds is 2. The Kier molecular flexibility index (Phi) is 4.49. The molecule has 1 amide bonds. The van der Waals surface area contributed by atoms with Gasteiger partial charge in [0.2, 0.25) is 0 Å². The van der Waals surface area contributed by atoms with Crippen LogP contribution in [0.25, 0.3) is 0 Å². The summed E-state index contributed by atoms with van der Waals surface area (Å²) >= 11 is 3.48. The van der Waals surface area contributed by atoms with E-state index in [1.165, 1.54) is 0 Å². The molecule has 1 aromatic carbocycles. The fraction of sp³-hybridized carbons (Fsp3) is 0.500. The normalized spacial score (nSPS) is 17.3. The molecule has 0 aliphatic heterocycles. The SMILES string of the molecule is Cc1cccc(C(=O)N(C)C2(C#N)CCCCC2)c1Br. The smallest absolute Gasteiger partial charge is 0.256 e. The zero-order chi connectivity index (χ0) is 14.8. The summed E-state index contributed by atoms with van der Waals surface area (Å²) in [6, 6.07) is 8.04. The summed E-state index contributed by atoms with van der Waals surface area (Å²) in [5.41, 5.74) is 1.02. The van der Waals surface area contributed by atoms with Crippen molar-refractivity contribution >= 4 is 21.8 Å². The van der Waals surface area contributed by atoms with Gasteiger partial charge in [0, 0.05) is 11.5 Å². The summed E-state index contributed by atoms with van der Waals surface area (Å²) in [5.74, 6) is -0.0796. The van der Waals surface area contributed by atoms with Crippen molar-refractivity contribution < 1.29 is 4.79 Å². The fourth-order valence-electron chi connectivity index (χ4n) is 2.85. The van der Waals surface area contributed by atoms with Crippen molar-refractivity contribution in [2.24, 2.45) is 0 Å². The second kappa shape index (κ2) is 5.97. The van der Waals surface area contributed by atoms with Crippen LogP contribution in [0.3, 0.4) is 0 Å². The number of carbonyl (C=O) groups is 1. The first-order valence-electron chi connectivity index (χ1n) is 6.96. The average molecular weight is 335 g/mol. The highest BCUT2D eigenvalue weighted by molar-refractivity contribution is 9.10. The van der Waals surface area contributed by atoms with E-state index in [2.05, 4.69) is 22.0 Å². The van der Waals surface area contributed by atoms with Gasteiger partial charge in [-0.3, -0.25) is 4.79 Å². The van der Waals surface area contributed by atoms with Crippen LogP contribution in [0.1, 0.15) is 48.0 Å². The highest BCUT2D eigenvalue weighted by Crippen LogP contribution is 2.34. The molecule has 0 radical (unpaired) electrons. The molecule has 0 aromatic heterocycles. The summed E-state index contributed by atoms with van der Waals surface area (Å²) < 4.78 is 0.820. The van der Waals surface area contributed by atoms with Gasteiger partial charge in [-0.15, -0.1) is 0 Å². The van der Waals surface area contributed by atoms with E-state index in [0.29, 0.717) is 5.56 Å². The maximum Gasteiger partial charge on any atom is 0.256 e. The van der Waals surface area contributed by atoms with Crippen molar-refractivity contribution in [2.75, 3.05) is 7.05 Å². The molecular weight excluding hydrogens is 316 g/mol. The fourth-order valence-corrected chi connectivity index (χ4v) is 3.28. The van der Waals surface area contributed by atoms with Gasteiger partial charge in [0.25, 0.3) is 5.91 Å². The van der Waals surface area contributed by atoms with E-state index >= 15 is 0 Å². The van der Waals surface area contributed by atoms with Crippen LogP contribution >= 0.6 is 15.9 Å². The minimum Gasteiger partial charge on any atom is -0.323 e. The number of hydrogen-bond donors (Lipinski definition) is 0. The third kappa shape index (κ3) is 2.60. The number of nitrogens with zero attached hydrogens (tertiary/aromatic N) is 2. The molecule has 106 valence electrons. The Morgan fingerprint density at radius 2 is 2.00 bits per heavy atom. The summed E-state index contributed by atoms with van der Waals surface area (Å²) in [6.07, 6.45) is 4.73. The van der Waals surface area contributed by atoms with Crippen molar-refractivity contribution in [3.8, 4) is 6.07 Å². The minimum atomic E-state index is -0.640. The molecule has 0 saturated heterocycles. The lowest BCUT2D eigenvalue weighted by atomic mass is 9.81. The van der Waals surface area contributed by atoms with Crippen molar-refractivity contribution in [2.45, 2.75) is 44.6 Å². The molecule has 0 atom stereocenters. The molecule has 0 bridgehead atoms. The lowest BCUT2D eigenvalue weighted by molar-refractivity contribution is 0.0588. The van der Waals surface area contributed by atoms with Crippen LogP contribution in [0.2, 0.25) is 0 Å². The van der Waals surface area contributed by atoms with E-state index in [4.69, 9.17) is 0 Å². The molecular formula is C16H19BrN2O. The second-order valence-corrected chi connectivity index (χ2v) is 6.30. The molecule has 4 heteroatoms. The Labute approximate surface area is 128 Å². The maximum atomic E-state index is 12.7. The van der Waals surface area contributed by atoms with Crippen LogP contribution in [0.5, 0.6) is 0 Å². The molecule has 2 rings (SSSR count). The number of aryl methyl sites for hydroxylation is 1. The predicted molar refractivity (Wildman–Crippen MR) is 82.4 cm³/mol. The van der Waals surface area contributed by atoms with E-state index in [1.54, 1.807) is 11.9 Å². The van der Waals surface area contributed by atoms with Gasteiger partial charge < -0.3 is 4.90 Å². The van der Waals surface area contributed by atoms with Crippen molar-refractivity contribution in [1.29, 1.82) is 5.26 Å². The van der Waals surface area contributed by atoms with Crippen LogP contribution in [0.15, 0.2) is 22.7 Å². The maximum absolute atomic E-state index is 12.7. The number of benzene rings is 1. The largest absolute Gasteiger partial charge is 0.323 e. The molecule has 0 unspecified atom stereocenters. The van der Waals surface area contributed by atoms with Gasteiger partial charge in [-0.2, -0.15) is 5.26 Å². The molecule has 1 aliphatic rings. The van der Waals surface area contributed by atoms with Crippen LogP contribution in [-0.4, -0.2) is 23.4 Å². The summed E-state index contributed by atoms with van der Waals surface area (Å²) in [4.78, 5) is 14.4. The number of carbonyl (C=O) groups excluding carboxylic acids is 1. The topological polar surface area (TPSA) is 44.1 Å².